The third kappa shape index (κ3) is 5.51. The van der Waals surface area contributed by atoms with Crippen molar-refractivity contribution in [2.75, 3.05) is 13.1 Å². The van der Waals surface area contributed by atoms with E-state index in [4.69, 9.17) is 10.7 Å². The zero-order valence-electron chi connectivity index (χ0n) is 20.2. The highest BCUT2D eigenvalue weighted by molar-refractivity contribution is 5.85. The molecule has 0 aromatic heterocycles. The van der Waals surface area contributed by atoms with Gasteiger partial charge in [0.25, 0.3) is 0 Å². The molecule has 1 atom stereocenters. The minimum atomic E-state index is 0.0693. The number of nitrogens with two attached hydrogens (primary N) is 1. The molecular weight excluding hydrogens is 390 g/mol. The molecule has 1 heterocycles. The van der Waals surface area contributed by atoms with E-state index in [1.54, 1.807) is 0 Å². The van der Waals surface area contributed by atoms with E-state index in [1.165, 1.54) is 33.4 Å². The monoisotopic (exact) mass is 429 g/mol. The average molecular weight is 430 g/mol. The number of fused-ring (bicyclic) bond motifs is 1. The van der Waals surface area contributed by atoms with E-state index in [1.807, 2.05) is 6.08 Å². The summed E-state index contributed by atoms with van der Waals surface area (Å²) in [6.07, 6.45) is 14.7. The molecule has 2 aliphatic rings. The van der Waals surface area contributed by atoms with Gasteiger partial charge in [0.1, 0.15) is 0 Å². The smallest absolute Gasteiger partial charge is 0.0990 e. The maximum Gasteiger partial charge on any atom is 0.0990 e. The number of rotatable bonds is 10. The summed E-state index contributed by atoms with van der Waals surface area (Å²) in [4.78, 5) is 7.30. The van der Waals surface area contributed by atoms with Crippen molar-refractivity contribution in [3.63, 3.8) is 0 Å². The Morgan fingerprint density at radius 2 is 1.91 bits per heavy atom. The van der Waals surface area contributed by atoms with Crippen LogP contribution in [0.4, 0.5) is 0 Å². The minimum absolute atomic E-state index is 0.0693. The van der Waals surface area contributed by atoms with Gasteiger partial charge in [-0.2, -0.15) is 0 Å². The summed E-state index contributed by atoms with van der Waals surface area (Å²) in [5, 5.41) is 0. The van der Waals surface area contributed by atoms with Crippen molar-refractivity contribution in [3.8, 4) is 0 Å². The molecule has 1 aromatic rings. The highest BCUT2D eigenvalue weighted by atomic mass is 15.1. The van der Waals surface area contributed by atoms with Gasteiger partial charge in [0.05, 0.1) is 11.9 Å². The van der Waals surface area contributed by atoms with Crippen molar-refractivity contribution < 1.29 is 0 Å². The Morgan fingerprint density at radius 3 is 2.56 bits per heavy atom. The van der Waals surface area contributed by atoms with Crippen LogP contribution in [0.15, 0.2) is 71.4 Å². The van der Waals surface area contributed by atoms with Gasteiger partial charge in [-0.3, -0.25) is 4.99 Å². The molecular formula is C29H39N3. The predicted octanol–water partition coefficient (Wildman–Crippen LogP) is 6.69. The van der Waals surface area contributed by atoms with Crippen molar-refractivity contribution in [1.82, 2.24) is 4.90 Å². The minimum Gasteiger partial charge on any atom is -0.387 e. The second-order valence-electron chi connectivity index (χ2n) is 8.85. The third-order valence-corrected chi connectivity index (χ3v) is 6.30. The lowest BCUT2D eigenvalue weighted by Gasteiger charge is -2.27. The first-order valence-electron chi connectivity index (χ1n) is 12.1. The van der Waals surface area contributed by atoms with E-state index in [9.17, 15) is 0 Å². The first kappa shape index (κ1) is 23.8. The lowest BCUT2D eigenvalue weighted by molar-refractivity contribution is 0.351. The van der Waals surface area contributed by atoms with Crippen molar-refractivity contribution >= 4 is 17.5 Å². The molecule has 170 valence electrons. The van der Waals surface area contributed by atoms with Crippen molar-refractivity contribution in [2.24, 2.45) is 10.7 Å². The van der Waals surface area contributed by atoms with Crippen molar-refractivity contribution in [3.05, 3.63) is 83.1 Å². The van der Waals surface area contributed by atoms with E-state index in [0.717, 1.165) is 50.9 Å². The van der Waals surface area contributed by atoms with E-state index in [0.29, 0.717) is 12.3 Å². The van der Waals surface area contributed by atoms with Gasteiger partial charge >= 0.3 is 0 Å². The van der Waals surface area contributed by atoms with Crippen LogP contribution in [0, 0.1) is 0 Å². The maximum absolute atomic E-state index is 6.40. The SMILES string of the molecule is C=Cc1ccc(C2=CC=C3C=C(C(=C)N(CCC)CCC)CC(N)=NC3C2)cc1CCC. The first-order chi connectivity index (χ1) is 15.5. The molecule has 0 bridgehead atoms. The molecule has 0 saturated heterocycles. The molecule has 1 unspecified atom stereocenters. The molecule has 1 aromatic carbocycles. The molecule has 3 nitrogen and oxygen atoms in total. The second kappa shape index (κ2) is 11.2. The van der Waals surface area contributed by atoms with Crippen LogP contribution < -0.4 is 5.73 Å². The summed E-state index contributed by atoms with van der Waals surface area (Å²) in [6.45, 7) is 17.1. The van der Waals surface area contributed by atoms with E-state index < -0.39 is 0 Å². The van der Waals surface area contributed by atoms with Crippen LogP contribution in [0.2, 0.25) is 0 Å². The molecule has 1 aliphatic heterocycles. The van der Waals surface area contributed by atoms with Crippen LogP contribution in [0.3, 0.4) is 0 Å². The number of benzene rings is 1. The number of aliphatic imine (C=N–C) groups is 1. The number of aryl methyl sites for hydroxylation is 1. The fourth-order valence-electron chi connectivity index (χ4n) is 4.67. The molecule has 3 rings (SSSR count). The van der Waals surface area contributed by atoms with Gasteiger partial charge in [0.15, 0.2) is 0 Å². The van der Waals surface area contributed by atoms with Gasteiger partial charge in [-0.15, -0.1) is 0 Å². The number of hydrogen-bond donors (Lipinski definition) is 1. The largest absolute Gasteiger partial charge is 0.387 e. The molecule has 0 radical (unpaired) electrons. The number of allylic oxidation sites excluding steroid dienone is 3. The Kier molecular flexibility index (Phi) is 8.33. The van der Waals surface area contributed by atoms with Crippen LogP contribution in [0.1, 0.15) is 69.6 Å². The van der Waals surface area contributed by atoms with Crippen LogP contribution in [0.5, 0.6) is 0 Å². The van der Waals surface area contributed by atoms with Gasteiger partial charge in [0, 0.05) is 25.2 Å². The highest BCUT2D eigenvalue weighted by Crippen LogP contribution is 2.34. The molecule has 3 heteroatoms. The maximum atomic E-state index is 6.40. The predicted molar refractivity (Wildman–Crippen MR) is 141 cm³/mol. The van der Waals surface area contributed by atoms with Gasteiger partial charge < -0.3 is 10.6 Å². The normalized spacial score (nSPS) is 17.9. The zero-order chi connectivity index (χ0) is 23.1. The van der Waals surface area contributed by atoms with Gasteiger partial charge in [-0.1, -0.05) is 82.9 Å². The standard InChI is InChI=1S/C29H39N3/c1-6-10-23-17-24(12-11-22(23)9-4)25-13-14-26-18-27(20-29(30)31-28(26)19-25)21(5)32(15-7-2)16-8-3/h9,11-14,17-18,28H,4-8,10,15-16,19-20H2,1-3H3,(H2,30,31). The molecule has 0 saturated carbocycles. The Morgan fingerprint density at radius 1 is 1.16 bits per heavy atom. The summed E-state index contributed by atoms with van der Waals surface area (Å²) >= 11 is 0. The lowest BCUT2D eigenvalue weighted by atomic mass is 9.87. The number of nitrogens with zero attached hydrogens (tertiary/aromatic N) is 2. The summed E-state index contributed by atoms with van der Waals surface area (Å²) in [5.41, 5.74) is 15.1. The topological polar surface area (TPSA) is 41.6 Å². The summed E-state index contributed by atoms with van der Waals surface area (Å²) < 4.78 is 0. The third-order valence-electron chi connectivity index (χ3n) is 6.30. The molecule has 0 spiro atoms. The Balaban J connectivity index is 1.92. The fourth-order valence-corrected chi connectivity index (χ4v) is 4.67. The molecule has 0 amide bonds. The first-order valence-corrected chi connectivity index (χ1v) is 12.1. The summed E-state index contributed by atoms with van der Waals surface area (Å²) in [5.74, 6) is 0.702. The summed E-state index contributed by atoms with van der Waals surface area (Å²) in [6, 6.07) is 6.79. The number of hydrogen-bond acceptors (Lipinski definition) is 3. The lowest BCUT2D eigenvalue weighted by Crippen LogP contribution is -2.26. The highest BCUT2D eigenvalue weighted by Gasteiger charge is 2.24. The summed E-state index contributed by atoms with van der Waals surface area (Å²) in [7, 11) is 0. The van der Waals surface area contributed by atoms with Gasteiger partial charge in [-0.05, 0) is 59.1 Å². The zero-order valence-corrected chi connectivity index (χ0v) is 20.2. The van der Waals surface area contributed by atoms with E-state index in [2.05, 4.69) is 75.3 Å². The molecule has 0 fully saturated rings. The quantitative estimate of drug-likeness (QED) is 0.450. The van der Waals surface area contributed by atoms with Crippen LogP contribution in [0.25, 0.3) is 11.6 Å². The molecule has 1 aliphatic carbocycles. The van der Waals surface area contributed by atoms with Crippen molar-refractivity contribution in [2.45, 2.75) is 65.3 Å². The van der Waals surface area contributed by atoms with Crippen LogP contribution in [-0.4, -0.2) is 29.9 Å². The second-order valence-corrected chi connectivity index (χ2v) is 8.85. The van der Waals surface area contributed by atoms with Crippen LogP contribution >= 0.6 is 0 Å². The van der Waals surface area contributed by atoms with E-state index >= 15 is 0 Å². The molecule has 32 heavy (non-hydrogen) atoms. The van der Waals surface area contributed by atoms with Crippen molar-refractivity contribution in [1.29, 1.82) is 0 Å². The average Bonchev–Trinajstić information content (AvgIpc) is 2.96. The Bertz CT molecular complexity index is 968. The van der Waals surface area contributed by atoms with Gasteiger partial charge in [0.2, 0.25) is 0 Å². The Hall–Kier alpha value is -2.81. The number of amidine groups is 1. The molecule has 2 N–H and O–H groups in total. The van der Waals surface area contributed by atoms with Crippen LogP contribution in [-0.2, 0) is 6.42 Å². The Labute approximate surface area is 194 Å². The van der Waals surface area contributed by atoms with Gasteiger partial charge in [-0.25, -0.2) is 0 Å². The van der Waals surface area contributed by atoms with E-state index in [-0.39, 0.29) is 6.04 Å². The fraction of sp³-hybridized carbons (Fsp3) is 0.414.